The summed E-state index contributed by atoms with van der Waals surface area (Å²) in [5, 5.41) is 0. The molecule has 0 saturated heterocycles. The van der Waals surface area contributed by atoms with Gasteiger partial charge < -0.3 is 0 Å². The second-order valence-corrected chi connectivity index (χ2v) is 3.94. The first-order valence-electron chi connectivity index (χ1n) is 5.70. The fourth-order valence-corrected chi connectivity index (χ4v) is 2.00. The first kappa shape index (κ1) is 13.2. The average molecular weight is 249 g/mol. The zero-order valence-corrected chi connectivity index (χ0v) is 10.7. The summed E-state index contributed by atoms with van der Waals surface area (Å²) in [5.41, 5.74) is 3.16. The van der Waals surface area contributed by atoms with Crippen LogP contribution in [-0.4, -0.2) is 0 Å². The SMILES string of the molecule is [Cr].c1cc[cH-]c1.c1ccc2c(c1)CCCC2. The van der Waals surface area contributed by atoms with Crippen molar-refractivity contribution in [3.63, 3.8) is 0 Å². The van der Waals surface area contributed by atoms with Crippen LogP contribution in [0.5, 0.6) is 0 Å². The molecule has 1 aliphatic rings. The third-order valence-electron chi connectivity index (χ3n) is 2.82. The molecule has 0 spiro atoms. The average Bonchev–Trinajstić information content (AvgIpc) is 2.88. The minimum atomic E-state index is 0. The van der Waals surface area contributed by atoms with E-state index in [4.69, 9.17) is 0 Å². The Morgan fingerprint density at radius 3 is 1.62 bits per heavy atom. The summed E-state index contributed by atoms with van der Waals surface area (Å²) in [6, 6.07) is 18.8. The number of benzene rings is 1. The molecule has 0 aliphatic heterocycles. The maximum atomic E-state index is 2.26. The van der Waals surface area contributed by atoms with Crippen LogP contribution in [0.3, 0.4) is 0 Å². The van der Waals surface area contributed by atoms with Crippen LogP contribution >= 0.6 is 0 Å². The van der Waals surface area contributed by atoms with Gasteiger partial charge in [0.1, 0.15) is 0 Å². The molecule has 0 heterocycles. The number of rotatable bonds is 0. The van der Waals surface area contributed by atoms with Gasteiger partial charge in [0.25, 0.3) is 0 Å². The van der Waals surface area contributed by atoms with Gasteiger partial charge >= 0.3 is 0 Å². The van der Waals surface area contributed by atoms with E-state index < -0.39 is 0 Å². The molecule has 0 atom stereocenters. The third kappa shape index (κ3) is 3.93. The summed E-state index contributed by atoms with van der Waals surface area (Å²) in [4.78, 5) is 0. The quantitative estimate of drug-likeness (QED) is 0.620. The topological polar surface area (TPSA) is 0 Å². The van der Waals surface area contributed by atoms with Crippen molar-refractivity contribution < 1.29 is 17.4 Å². The number of hydrogen-bond donors (Lipinski definition) is 0. The van der Waals surface area contributed by atoms with Crippen LogP contribution in [0.2, 0.25) is 0 Å². The second-order valence-electron chi connectivity index (χ2n) is 3.94. The van der Waals surface area contributed by atoms with Gasteiger partial charge in [-0.15, -0.1) is 0 Å². The normalized spacial score (nSPS) is 12.8. The van der Waals surface area contributed by atoms with Crippen molar-refractivity contribution in [2.45, 2.75) is 25.7 Å². The van der Waals surface area contributed by atoms with Crippen molar-refractivity contribution in [2.24, 2.45) is 0 Å². The van der Waals surface area contributed by atoms with E-state index in [0.29, 0.717) is 0 Å². The molecule has 0 N–H and O–H groups in total. The summed E-state index contributed by atoms with van der Waals surface area (Å²) in [7, 11) is 0. The maximum absolute atomic E-state index is 2.26. The molecule has 0 radical (unpaired) electrons. The third-order valence-corrected chi connectivity index (χ3v) is 2.82. The molecule has 2 aromatic carbocycles. The summed E-state index contributed by atoms with van der Waals surface area (Å²) >= 11 is 0. The molecule has 0 saturated carbocycles. The van der Waals surface area contributed by atoms with Crippen LogP contribution in [0.15, 0.2) is 54.6 Å². The smallest absolute Gasteiger partial charge is 0 e. The molecule has 84 valence electrons. The number of fused-ring (bicyclic) bond motifs is 1. The van der Waals surface area contributed by atoms with Gasteiger partial charge in [-0.1, -0.05) is 24.3 Å². The molecular formula is C15H17Cr-. The Balaban J connectivity index is 0.000000183. The monoisotopic (exact) mass is 249 g/mol. The first-order valence-corrected chi connectivity index (χ1v) is 5.70. The molecule has 0 bridgehead atoms. The summed E-state index contributed by atoms with van der Waals surface area (Å²) in [5.74, 6) is 0. The van der Waals surface area contributed by atoms with E-state index in [2.05, 4.69) is 24.3 Å². The maximum Gasteiger partial charge on any atom is 0 e. The second kappa shape index (κ2) is 7.39. The van der Waals surface area contributed by atoms with Crippen LogP contribution in [0.25, 0.3) is 0 Å². The molecular weight excluding hydrogens is 232 g/mol. The standard InChI is InChI=1S/C10H12.C5H5.Cr/c1-2-6-10-8-4-3-7-9(10)5-1;1-2-4-5-3-1;/h1-2,5-6H,3-4,7-8H2;1-5H;/q;-1;. The Kier molecular flexibility index (Phi) is 6.08. The molecule has 0 nitrogen and oxygen atoms in total. The van der Waals surface area contributed by atoms with Crippen molar-refractivity contribution in [3.8, 4) is 0 Å². The number of hydrogen-bond acceptors (Lipinski definition) is 0. The minimum absolute atomic E-state index is 0. The largest absolute Gasteiger partial charge is 0.214 e. The number of aryl methyl sites for hydroxylation is 2. The Bertz CT molecular complexity index is 334. The summed E-state index contributed by atoms with van der Waals surface area (Å²) in [6.07, 6.45) is 5.38. The van der Waals surface area contributed by atoms with E-state index in [-0.39, 0.29) is 17.4 Å². The Labute approximate surface area is 109 Å². The van der Waals surface area contributed by atoms with Gasteiger partial charge in [0.05, 0.1) is 0 Å². The van der Waals surface area contributed by atoms with E-state index in [9.17, 15) is 0 Å². The first-order chi connectivity index (χ1) is 7.47. The van der Waals surface area contributed by atoms with Crippen molar-refractivity contribution in [3.05, 3.63) is 65.7 Å². The van der Waals surface area contributed by atoms with Gasteiger partial charge in [0.2, 0.25) is 0 Å². The summed E-state index contributed by atoms with van der Waals surface area (Å²) < 4.78 is 0. The molecule has 16 heavy (non-hydrogen) atoms. The molecule has 3 rings (SSSR count). The molecule has 0 amide bonds. The van der Waals surface area contributed by atoms with Gasteiger partial charge in [-0.25, -0.2) is 12.1 Å². The molecule has 1 heteroatoms. The molecule has 0 fully saturated rings. The van der Waals surface area contributed by atoms with E-state index in [1.165, 1.54) is 25.7 Å². The van der Waals surface area contributed by atoms with Crippen LogP contribution in [-0.2, 0) is 30.2 Å². The van der Waals surface area contributed by atoms with Crippen LogP contribution in [0, 0.1) is 0 Å². The van der Waals surface area contributed by atoms with Crippen molar-refractivity contribution in [1.29, 1.82) is 0 Å². The molecule has 1 aliphatic carbocycles. The van der Waals surface area contributed by atoms with Crippen LogP contribution in [0.1, 0.15) is 24.0 Å². The van der Waals surface area contributed by atoms with Gasteiger partial charge in [0.15, 0.2) is 0 Å². The summed E-state index contributed by atoms with van der Waals surface area (Å²) in [6.45, 7) is 0. The van der Waals surface area contributed by atoms with E-state index >= 15 is 0 Å². The Morgan fingerprint density at radius 1 is 0.750 bits per heavy atom. The van der Waals surface area contributed by atoms with E-state index in [1.54, 1.807) is 11.1 Å². The zero-order chi connectivity index (χ0) is 10.3. The van der Waals surface area contributed by atoms with Crippen molar-refractivity contribution in [2.75, 3.05) is 0 Å². The minimum Gasteiger partial charge on any atom is -0.214 e. The molecule has 0 aromatic heterocycles. The van der Waals surface area contributed by atoms with Gasteiger partial charge in [-0.05, 0) is 36.8 Å². The molecule has 2 aromatic rings. The van der Waals surface area contributed by atoms with Crippen LogP contribution < -0.4 is 0 Å². The predicted octanol–water partition coefficient (Wildman–Crippen LogP) is 3.97. The Morgan fingerprint density at radius 2 is 1.25 bits per heavy atom. The van der Waals surface area contributed by atoms with Gasteiger partial charge in [-0.3, -0.25) is 0 Å². The van der Waals surface area contributed by atoms with Gasteiger partial charge in [-0.2, -0.15) is 18.2 Å². The fraction of sp³-hybridized carbons (Fsp3) is 0.267. The fourth-order valence-electron chi connectivity index (χ4n) is 2.00. The molecule has 0 unspecified atom stereocenters. The van der Waals surface area contributed by atoms with Crippen molar-refractivity contribution >= 4 is 0 Å². The van der Waals surface area contributed by atoms with Gasteiger partial charge in [0, 0.05) is 17.4 Å². The van der Waals surface area contributed by atoms with E-state index in [1.807, 2.05) is 30.3 Å². The Hall–Kier alpha value is -0.898. The predicted molar refractivity (Wildman–Crippen MR) is 65.1 cm³/mol. The van der Waals surface area contributed by atoms with E-state index in [0.717, 1.165) is 0 Å². The van der Waals surface area contributed by atoms with Crippen molar-refractivity contribution in [1.82, 2.24) is 0 Å². The van der Waals surface area contributed by atoms with Crippen LogP contribution in [0.4, 0.5) is 0 Å². The zero-order valence-electron chi connectivity index (χ0n) is 9.43.